The summed E-state index contributed by atoms with van der Waals surface area (Å²) < 4.78 is 27.0. The molecule has 0 bridgehead atoms. The zero-order valence-corrected chi connectivity index (χ0v) is 14.0. The van der Waals surface area contributed by atoms with Gasteiger partial charge in [-0.1, -0.05) is 0 Å². The van der Waals surface area contributed by atoms with Gasteiger partial charge in [0.15, 0.2) is 0 Å². The molecule has 1 saturated carbocycles. The molecule has 2 fully saturated rings. The fourth-order valence-electron chi connectivity index (χ4n) is 2.33. The van der Waals surface area contributed by atoms with Gasteiger partial charge in [-0.3, -0.25) is 0 Å². The summed E-state index contributed by atoms with van der Waals surface area (Å²) in [5.74, 6) is 1.80. The number of hydrogen-bond donors (Lipinski definition) is 1. The average Bonchev–Trinajstić information content (AvgIpc) is 3.20. The molecule has 1 aliphatic carbocycles. The maximum Gasteiger partial charge on any atom is 0.244 e. The molecule has 0 amide bonds. The molecular weight excluding hydrogens is 312 g/mol. The van der Waals surface area contributed by atoms with Crippen LogP contribution in [-0.2, 0) is 16.6 Å². The van der Waals surface area contributed by atoms with E-state index in [1.165, 1.54) is 12.8 Å². The van der Waals surface area contributed by atoms with Gasteiger partial charge < -0.3 is 5.32 Å². The summed E-state index contributed by atoms with van der Waals surface area (Å²) >= 11 is 3.43. The molecule has 0 unspecified atom stereocenters. The molecule has 20 heavy (non-hydrogen) atoms. The molecule has 1 aromatic rings. The molecule has 0 radical (unpaired) electrons. The molecule has 112 valence electrons. The van der Waals surface area contributed by atoms with Crippen molar-refractivity contribution < 1.29 is 8.42 Å². The number of nitrogens with one attached hydrogen (secondary N) is 1. The molecule has 2 aliphatic rings. The van der Waals surface area contributed by atoms with Crippen LogP contribution in [0, 0.1) is 6.92 Å². The Hall–Kier alpha value is -0.0800. The van der Waals surface area contributed by atoms with E-state index in [9.17, 15) is 8.42 Å². The van der Waals surface area contributed by atoms with Crippen molar-refractivity contribution in [3.63, 3.8) is 0 Å². The van der Waals surface area contributed by atoms with Crippen LogP contribution in [-0.4, -0.2) is 43.4 Å². The van der Waals surface area contributed by atoms with Gasteiger partial charge in [0.25, 0.3) is 0 Å². The zero-order chi connectivity index (χ0) is 14.2. The van der Waals surface area contributed by atoms with Crippen LogP contribution in [0.2, 0.25) is 0 Å². The first-order chi connectivity index (χ1) is 9.57. The Bertz CT molecular complexity index is 572. The predicted molar refractivity (Wildman–Crippen MR) is 85.0 cm³/mol. The van der Waals surface area contributed by atoms with Crippen molar-refractivity contribution in [3.8, 4) is 0 Å². The number of aryl methyl sites for hydroxylation is 1. The van der Waals surface area contributed by atoms with E-state index >= 15 is 0 Å². The van der Waals surface area contributed by atoms with Crippen molar-refractivity contribution in [1.82, 2.24) is 9.62 Å². The highest BCUT2D eigenvalue weighted by molar-refractivity contribution is 7.99. The van der Waals surface area contributed by atoms with E-state index in [1.54, 1.807) is 15.6 Å². The maximum atomic E-state index is 12.7. The lowest BCUT2D eigenvalue weighted by Crippen LogP contribution is -2.37. The third-order valence-corrected chi connectivity index (χ3v) is 7.80. The molecule has 7 heteroatoms. The van der Waals surface area contributed by atoms with Crippen LogP contribution >= 0.6 is 23.1 Å². The van der Waals surface area contributed by atoms with E-state index in [1.807, 2.05) is 24.8 Å². The van der Waals surface area contributed by atoms with E-state index in [4.69, 9.17) is 0 Å². The Morgan fingerprint density at radius 2 is 2.05 bits per heavy atom. The van der Waals surface area contributed by atoms with Crippen molar-refractivity contribution in [2.45, 2.75) is 37.2 Å². The van der Waals surface area contributed by atoms with Gasteiger partial charge in [0.2, 0.25) is 10.0 Å². The van der Waals surface area contributed by atoms with Crippen molar-refractivity contribution in [2.24, 2.45) is 0 Å². The van der Waals surface area contributed by atoms with Crippen LogP contribution < -0.4 is 5.32 Å². The predicted octanol–water partition coefficient (Wildman–Crippen LogP) is 2.05. The standard InChI is InChI=1S/C13H20N2O2S3/c1-10-13(8-12(19-10)9-14-11-2-3-11)20(16,17)15-4-6-18-7-5-15/h8,11,14H,2-7,9H2,1H3. The summed E-state index contributed by atoms with van der Waals surface area (Å²) in [6, 6.07) is 2.52. The van der Waals surface area contributed by atoms with E-state index in [0.717, 1.165) is 27.8 Å². The molecular formula is C13H20N2O2S3. The first kappa shape index (κ1) is 14.8. The molecule has 0 atom stereocenters. The van der Waals surface area contributed by atoms with Gasteiger partial charge in [-0.2, -0.15) is 16.1 Å². The summed E-state index contributed by atoms with van der Waals surface area (Å²) in [6.45, 7) is 3.98. The number of nitrogens with zero attached hydrogens (tertiary/aromatic N) is 1. The molecule has 3 rings (SSSR count). The van der Waals surface area contributed by atoms with Gasteiger partial charge in [0, 0.05) is 46.9 Å². The largest absolute Gasteiger partial charge is 0.309 e. The quantitative estimate of drug-likeness (QED) is 0.896. The van der Waals surface area contributed by atoms with Crippen LogP contribution in [0.4, 0.5) is 0 Å². The van der Waals surface area contributed by atoms with Crippen LogP contribution in [0.1, 0.15) is 22.6 Å². The van der Waals surface area contributed by atoms with Gasteiger partial charge in [-0.05, 0) is 25.8 Å². The average molecular weight is 333 g/mol. The third kappa shape index (κ3) is 3.22. The second-order valence-electron chi connectivity index (χ2n) is 5.30. The van der Waals surface area contributed by atoms with E-state index in [0.29, 0.717) is 24.0 Å². The smallest absolute Gasteiger partial charge is 0.244 e. The molecule has 1 saturated heterocycles. The number of thioether (sulfide) groups is 1. The Balaban J connectivity index is 1.77. The molecule has 2 heterocycles. The fraction of sp³-hybridized carbons (Fsp3) is 0.692. The fourth-order valence-corrected chi connectivity index (χ4v) is 6.46. The molecule has 1 aromatic heterocycles. The lowest BCUT2D eigenvalue weighted by atomic mass is 10.4. The van der Waals surface area contributed by atoms with Gasteiger partial charge in [-0.15, -0.1) is 11.3 Å². The maximum absolute atomic E-state index is 12.7. The first-order valence-electron chi connectivity index (χ1n) is 6.98. The minimum absolute atomic E-state index is 0.516. The van der Waals surface area contributed by atoms with Gasteiger partial charge >= 0.3 is 0 Å². The Morgan fingerprint density at radius 1 is 1.35 bits per heavy atom. The number of sulfonamides is 1. The van der Waals surface area contributed by atoms with Crippen molar-refractivity contribution >= 4 is 33.1 Å². The van der Waals surface area contributed by atoms with Gasteiger partial charge in [0.1, 0.15) is 0 Å². The van der Waals surface area contributed by atoms with Gasteiger partial charge in [0.05, 0.1) is 4.90 Å². The van der Waals surface area contributed by atoms with Gasteiger partial charge in [-0.25, -0.2) is 8.42 Å². The summed E-state index contributed by atoms with van der Waals surface area (Å²) in [7, 11) is -3.29. The topological polar surface area (TPSA) is 49.4 Å². The zero-order valence-electron chi connectivity index (χ0n) is 11.6. The summed E-state index contributed by atoms with van der Waals surface area (Å²) in [5, 5.41) is 3.44. The third-order valence-electron chi connectivity index (χ3n) is 3.65. The molecule has 0 spiro atoms. The summed E-state index contributed by atoms with van der Waals surface area (Å²) in [6.07, 6.45) is 2.50. The normalized spacial score (nSPS) is 21.2. The van der Waals surface area contributed by atoms with Crippen LogP contribution in [0.15, 0.2) is 11.0 Å². The highest BCUT2D eigenvalue weighted by atomic mass is 32.2. The minimum atomic E-state index is -3.29. The first-order valence-corrected chi connectivity index (χ1v) is 10.4. The number of rotatable bonds is 5. The lowest BCUT2D eigenvalue weighted by Gasteiger charge is -2.25. The highest BCUT2D eigenvalue weighted by Gasteiger charge is 2.29. The Kier molecular flexibility index (Phi) is 4.42. The Labute approximate surface area is 129 Å². The number of hydrogen-bond acceptors (Lipinski definition) is 5. The monoisotopic (exact) mass is 332 g/mol. The second-order valence-corrected chi connectivity index (χ2v) is 9.78. The number of thiophene rings is 1. The van der Waals surface area contributed by atoms with Crippen molar-refractivity contribution in [3.05, 3.63) is 15.8 Å². The minimum Gasteiger partial charge on any atom is -0.309 e. The van der Waals surface area contributed by atoms with Crippen molar-refractivity contribution in [2.75, 3.05) is 24.6 Å². The van der Waals surface area contributed by atoms with E-state index in [-0.39, 0.29) is 0 Å². The van der Waals surface area contributed by atoms with Crippen molar-refractivity contribution in [1.29, 1.82) is 0 Å². The highest BCUT2D eigenvalue weighted by Crippen LogP contribution is 2.30. The SMILES string of the molecule is Cc1sc(CNC2CC2)cc1S(=O)(=O)N1CCSCC1. The molecule has 4 nitrogen and oxygen atoms in total. The van der Waals surface area contributed by atoms with E-state index in [2.05, 4.69) is 5.32 Å². The summed E-state index contributed by atoms with van der Waals surface area (Å²) in [4.78, 5) is 2.55. The van der Waals surface area contributed by atoms with Crippen LogP contribution in [0.5, 0.6) is 0 Å². The Morgan fingerprint density at radius 3 is 2.70 bits per heavy atom. The second kappa shape index (κ2) is 5.96. The van der Waals surface area contributed by atoms with Crippen LogP contribution in [0.3, 0.4) is 0 Å². The lowest BCUT2D eigenvalue weighted by molar-refractivity contribution is 0.443. The van der Waals surface area contributed by atoms with Crippen LogP contribution in [0.25, 0.3) is 0 Å². The van der Waals surface area contributed by atoms with E-state index < -0.39 is 10.0 Å². The molecule has 1 N–H and O–H groups in total. The molecule has 0 aromatic carbocycles. The molecule has 1 aliphatic heterocycles. The summed E-state index contributed by atoms with van der Waals surface area (Å²) in [5.41, 5.74) is 0.